The molecule has 21 heavy (non-hydrogen) atoms. The second-order valence-corrected chi connectivity index (χ2v) is 4.46. The fourth-order valence-corrected chi connectivity index (χ4v) is 2.11. The van der Waals surface area contributed by atoms with Crippen LogP contribution < -0.4 is 19.5 Å². The maximum Gasteiger partial charge on any atom is 0.165 e. The van der Waals surface area contributed by atoms with Crippen molar-refractivity contribution < 1.29 is 14.2 Å². The third-order valence-corrected chi connectivity index (χ3v) is 3.14. The van der Waals surface area contributed by atoms with E-state index in [1.54, 1.807) is 14.2 Å². The summed E-state index contributed by atoms with van der Waals surface area (Å²) >= 11 is 0. The fourth-order valence-electron chi connectivity index (χ4n) is 2.11. The fraction of sp³-hybridized carbons (Fsp3) is 0.294. The average Bonchev–Trinajstić information content (AvgIpc) is 2.54. The van der Waals surface area contributed by atoms with Gasteiger partial charge in [0.2, 0.25) is 0 Å². The standard InChI is InChI=1S/C17H21NO3/c1-4-21-16-7-5-6-13(17(16)20-3)12-18-14-8-10-15(19-2)11-9-14/h5-11,18H,4,12H2,1-3H3. The number of rotatable bonds is 7. The summed E-state index contributed by atoms with van der Waals surface area (Å²) in [6, 6.07) is 13.7. The molecule has 2 aromatic carbocycles. The molecule has 0 aromatic heterocycles. The van der Waals surface area contributed by atoms with Gasteiger partial charge >= 0.3 is 0 Å². The van der Waals surface area contributed by atoms with E-state index >= 15 is 0 Å². The molecule has 1 N–H and O–H groups in total. The Hall–Kier alpha value is -2.36. The lowest BCUT2D eigenvalue weighted by Crippen LogP contribution is -2.03. The maximum atomic E-state index is 5.58. The number of anilines is 1. The molecule has 112 valence electrons. The van der Waals surface area contributed by atoms with Crippen molar-refractivity contribution in [3.8, 4) is 17.2 Å². The molecule has 0 saturated carbocycles. The molecule has 4 nitrogen and oxygen atoms in total. The third-order valence-electron chi connectivity index (χ3n) is 3.14. The second kappa shape index (κ2) is 7.43. The Morgan fingerprint density at radius 2 is 1.71 bits per heavy atom. The molecule has 0 unspecified atom stereocenters. The molecule has 0 radical (unpaired) electrons. The maximum absolute atomic E-state index is 5.58. The number of ether oxygens (including phenoxy) is 3. The van der Waals surface area contributed by atoms with Crippen LogP contribution in [0.25, 0.3) is 0 Å². The minimum atomic E-state index is 0.617. The van der Waals surface area contributed by atoms with Gasteiger partial charge in [-0.3, -0.25) is 0 Å². The van der Waals surface area contributed by atoms with Crippen molar-refractivity contribution in [2.24, 2.45) is 0 Å². The van der Waals surface area contributed by atoms with Gasteiger partial charge in [-0.05, 0) is 37.3 Å². The van der Waals surface area contributed by atoms with Gasteiger partial charge in [0.05, 0.1) is 20.8 Å². The quantitative estimate of drug-likeness (QED) is 0.842. The van der Waals surface area contributed by atoms with Gasteiger partial charge in [0.25, 0.3) is 0 Å². The van der Waals surface area contributed by atoms with E-state index in [0.717, 1.165) is 28.5 Å². The summed E-state index contributed by atoms with van der Waals surface area (Å²) in [7, 11) is 3.32. The Balaban J connectivity index is 2.09. The van der Waals surface area contributed by atoms with Gasteiger partial charge in [-0.15, -0.1) is 0 Å². The Morgan fingerprint density at radius 1 is 0.952 bits per heavy atom. The summed E-state index contributed by atoms with van der Waals surface area (Å²) in [6.45, 7) is 3.24. The van der Waals surface area contributed by atoms with E-state index in [2.05, 4.69) is 5.32 Å². The SMILES string of the molecule is CCOc1cccc(CNc2ccc(OC)cc2)c1OC. The van der Waals surface area contributed by atoms with Gasteiger partial charge in [0.1, 0.15) is 5.75 Å². The molecule has 0 atom stereocenters. The topological polar surface area (TPSA) is 39.7 Å². The third kappa shape index (κ3) is 3.81. The van der Waals surface area contributed by atoms with Gasteiger partial charge in [0, 0.05) is 17.8 Å². The molecule has 0 amide bonds. The predicted octanol–water partition coefficient (Wildman–Crippen LogP) is 3.71. The normalized spacial score (nSPS) is 10.0. The first-order valence-corrected chi connectivity index (χ1v) is 6.95. The first-order valence-electron chi connectivity index (χ1n) is 6.95. The van der Waals surface area contributed by atoms with Crippen LogP contribution in [-0.2, 0) is 6.54 Å². The molecule has 0 aliphatic heterocycles. The minimum absolute atomic E-state index is 0.617. The van der Waals surface area contributed by atoms with Crippen LogP contribution in [-0.4, -0.2) is 20.8 Å². The first kappa shape index (κ1) is 15.0. The van der Waals surface area contributed by atoms with Crippen LogP contribution in [0.4, 0.5) is 5.69 Å². The van der Waals surface area contributed by atoms with E-state index in [-0.39, 0.29) is 0 Å². The highest BCUT2D eigenvalue weighted by Crippen LogP contribution is 2.31. The Morgan fingerprint density at radius 3 is 2.33 bits per heavy atom. The van der Waals surface area contributed by atoms with Crippen LogP contribution in [0, 0.1) is 0 Å². The lowest BCUT2D eigenvalue weighted by molar-refractivity contribution is 0.309. The molecule has 0 aliphatic carbocycles. The smallest absolute Gasteiger partial charge is 0.165 e. The summed E-state index contributed by atoms with van der Waals surface area (Å²) < 4.78 is 16.2. The largest absolute Gasteiger partial charge is 0.497 e. The summed E-state index contributed by atoms with van der Waals surface area (Å²) in [6.07, 6.45) is 0. The number of para-hydroxylation sites is 1. The average molecular weight is 287 g/mol. The van der Waals surface area contributed by atoms with E-state index in [1.165, 1.54) is 0 Å². The zero-order valence-corrected chi connectivity index (χ0v) is 12.7. The minimum Gasteiger partial charge on any atom is -0.497 e. The van der Waals surface area contributed by atoms with Gasteiger partial charge < -0.3 is 19.5 Å². The highest BCUT2D eigenvalue weighted by atomic mass is 16.5. The molecule has 0 spiro atoms. The van der Waals surface area contributed by atoms with Gasteiger partial charge in [0.15, 0.2) is 11.5 Å². The first-order chi connectivity index (χ1) is 10.3. The van der Waals surface area contributed by atoms with Crippen LogP contribution in [0.15, 0.2) is 42.5 Å². The van der Waals surface area contributed by atoms with Crippen LogP contribution in [0.5, 0.6) is 17.2 Å². The number of methoxy groups -OCH3 is 2. The van der Waals surface area contributed by atoms with Crippen molar-refractivity contribution in [3.63, 3.8) is 0 Å². The van der Waals surface area contributed by atoms with Crippen molar-refractivity contribution in [3.05, 3.63) is 48.0 Å². The molecular formula is C17H21NO3. The lowest BCUT2D eigenvalue weighted by Gasteiger charge is -2.14. The van der Waals surface area contributed by atoms with Crippen LogP contribution >= 0.6 is 0 Å². The Kier molecular flexibility index (Phi) is 5.32. The van der Waals surface area contributed by atoms with Crippen molar-refractivity contribution in [2.75, 3.05) is 26.1 Å². The summed E-state index contributed by atoms with van der Waals surface area (Å²) in [5, 5.41) is 3.37. The van der Waals surface area contributed by atoms with Crippen LogP contribution in [0.2, 0.25) is 0 Å². The number of hydrogen-bond acceptors (Lipinski definition) is 4. The van der Waals surface area contributed by atoms with Crippen molar-refractivity contribution in [2.45, 2.75) is 13.5 Å². The van der Waals surface area contributed by atoms with E-state index in [1.807, 2.05) is 49.4 Å². The van der Waals surface area contributed by atoms with Crippen LogP contribution in [0.3, 0.4) is 0 Å². The van der Waals surface area contributed by atoms with Crippen LogP contribution in [0.1, 0.15) is 12.5 Å². The molecule has 4 heteroatoms. The molecule has 0 bridgehead atoms. The number of nitrogens with one attached hydrogen (secondary N) is 1. The highest BCUT2D eigenvalue weighted by molar-refractivity contribution is 5.51. The molecule has 0 aliphatic rings. The van der Waals surface area contributed by atoms with Gasteiger partial charge in [-0.1, -0.05) is 12.1 Å². The van der Waals surface area contributed by atoms with Crippen molar-refractivity contribution in [1.29, 1.82) is 0 Å². The molecule has 2 rings (SSSR count). The molecule has 0 saturated heterocycles. The highest BCUT2D eigenvalue weighted by Gasteiger charge is 2.09. The Bertz CT molecular complexity index is 567. The summed E-state index contributed by atoms with van der Waals surface area (Å²) in [5.74, 6) is 2.39. The Labute approximate surface area is 125 Å². The van der Waals surface area contributed by atoms with Gasteiger partial charge in [-0.25, -0.2) is 0 Å². The van der Waals surface area contributed by atoms with E-state index in [4.69, 9.17) is 14.2 Å². The van der Waals surface area contributed by atoms with Crippen molar-refractivity contribution in [1.82, 2.24) is 0 Å². The molecule has 0 heterocycles. The lowest BCUT2D eigenvalue weighted by atomic mass is 10.1. The van der Waals surface area contributed by atoms with Crippen molar-refractivity contribution >= 4 is 5.69 Å². The monoisotopic (exact) mass is 287 g/mol. The molecular weight excluding hydrogens is 266 g/mol. The zero-order chi connectivity index (χ0) is 15.1. The van der Waals surface area contributed by atoms with E-state index in [0.29, 0.717) is 13.2 Å². The molecule has 2 aromatic rings. The summed E-state index contributed by atoms with van der Waals surface area (Å²) in [5.41, 5.74) is 2.08. The molecule has 0 fully saturated rings. The van der Waals surface area contributed by atoms with Gasteiger partial charge in [-0.2, -0.15) is 0 Å². The summed E-state index contributed by atoms with van der Waals surface area (Å²) in [4.78, 5) is 0. The predicted molar refractivity (Wildman–Crippen MR) is 84.5 cm³/mol. The number of benzene rings is 2. The van der Waals surface area contributed by atoms with E-state index < -0.39 is 0 Å². The second-order valence-electron chi connectivity index (χ2n) is 4.46. The van der Waals surface area contributed by atoms with E-state index in [9.17, 15) is 0 Å². The number of hydrogen-bond donors (Lipinski definition) is 1. The zero-order valence-electron chi connectivity index (χ0n) is 12.7.